The Morgan fingerprint density at radius 3 is 2.78 bits per heavy atom. The van der Waals surface area contributed by atoms with Crippen LogP contribution >= 0.6 is 0 Å². The van der Waals surface area contributed by atoms with Crippen molar-refractivity contribution in [1.82, 2.24) is 34.4 Å². The molecule has 27 heavy (non-hydrogen) atoms. The van der Waals surface area contributed by atoms with Gasteiger partial charge < -0.3 is 4.90 Å². The van der Waals surface area contributed by atoms with E-state index in [0.717, 1.165) is 31.8 Å². The topological polar surface area (TPSA) is 81.7 Å². The zero-order valence-corrected chi connectivity index (χ0v) is 15.4. The summed E-state index contributed by atoms with van der Waals surface area (Å²) < 4.78 is 3.64. The van der Waals surface area contributed by atoms with Gasteiger partial charge in [-0.25, -0.2) is 19.3 Å². The van der Waals surface area contributed by atoms with Gasteiger partial charge in [-0.1, -0.05) is 30.3 Å². The molecular weight excluding hydrogens is 342 g/mol. The summed E-state index contributed by atoms with van der Waals surface area (Å²) in [5.41, 5.74) is 1.25. The first-order valence-electron chi connectivity index (χ1n) is 9.30. The van der Waals surface area contributed by atoms with E-state index in [1.165, 1.54) is 11.9 Å². The molecule has 2 aromatic heterocycles. The summed E-state index contributed by atoms with van der Waals surface area (Å²) in [6, 6.07) is 10.2. The minimum absolute atomic E-state index is 0.0900. The number of benzene rings is 1. The van der Waals surface area contributed by atoms with E-state index >= 15 is 0 Å². The third-order valence-corrected chi connectivity index (χ3v) is 4.92. The van der Waals surface area contributed by atoms with Gasteiger partial charge in [0.05, 0.1) is 6.04 Å². The van der Waals surface area contributed by atoms with Gasteiger partial charge in [-0.15, -0.1) is 0 Å². The number of amides is 1. The highest BCUT2D eigenvalue weighted by molar-refractivity contribution is 5.78. The van der Waals surface area contributed by atoms with Crippen molar-refractivity contribution in [3.63, 3.8) is 0 Å². The van der Waals surface area contributed by atoms with E-state index in [1.807, 2.05) is 34.7 Å². The molecule has 1 atom stereocenters. The lowest BCUT2D eigenvalue weighted by Gasteiger charge is -2.23. The largest absolute Gasteiger partial charge is 0.333 e. The molecule has 1 aliphatic rings. The van der Waals surface area contributed by atoms with Crippen LogP contribution in [-0.2, 0) is 24.3 Å². The van der Waals surface area contributed by atoms with Crippen molar-refractivity contribution in [2.24, 2.45) is 0 Å². The second-order valence-electron chi connectivity index (χ2n) is 6.80. The standard InChI is InChI=1S/C19H23N7O/c1-15(25-10-5-8-18(25)27)19-22-17(12-24-14-20-13-21-24)23-26(19)11-9-16-6-3-2-4-7-16/h2-4,6-7,13-15H,5,8-12H2,1H3/t15-/m1/s1. The van der Waals surface area contributed by atoms with Crippen molar-refractivity contribution in [1.29, 1.82) is 0 Å². The zero-order valence-electron chi connectivity index (χ0n) is 15.4. The maximum Gasteiger partial charge on any atom is 0.223 e. The monoisotopic (exact) mass is 365 g/mol. The van der Waals surface area contributed by atoms with E-state index in [0.29, 0.717) is 18.8 Å². The molecule has 1 fully saturated rings. The highest BCUT2D eigenvalue weighted by Crippen LogP contribution is 2.24. The van der Waals surface area contributed by atoms with Crippen LogP contribution in [0.1, 0.15) is 43.0 Å². The maximum atomic E-state index is 12.2. The van der Waals surface area contributed by atoms with E-state index < -0.39 is 0 Å². The van der Waals surface area contributed by atoms with Crippen LogP contribution in [0.2, 0.25) is 0 Å². The van der Waals surface area contributed by atoms with Crippen LogP contribution in [0, 0.1) is 0 Å². The van der Waals surface area contributed by atoms with Gasteiger partial charge >= 0.3 is 0 Å². The molecule has 1 saturated heterocycles. The molecule has 140 valence electrons. The molecule has 0 N–H and O–H groups in total. The molecule has 0 spiro atoms. The fourth-order valence-electron chi connectivity index (χ4n) is 3.50. The lowest BCUT2D eigenvalue weighted by Crippen LogP contribution is -2.30. The summed E-state index contributed by atoms with van der Waals surface area (Å²) in [7, 11) is 0. The number of rotatable bonds is 7. The molecule has 1 aliphatic heterocycles. The number of likely N-dealkylation sites (tertiary alicyclic amines) is 1. The zero-order chi connectivity index (χ0) is 18.6. The molecule has 8 nitrogen and oxygen atoms in total. The van der Waals surface area contributed by atoms with Gasteiger partial charge in [-0.2, -0.15) is 10.2 Å². The van der Waals surface area contributed by atoms with E-state index in [4.69, 9.17) is 10.1 Å². The number of hydrogen-bond donors (Lipinski definition) is 0. The Morgan fingerprint density at radius 2 is 2.07 bits per heavy atom. The van der Waals surface area contributed by atoms with E-state index in [-0.39, 0.29) is 11.9 Å². The molecule has 4 rings (SSSR count). The lowest BCUT2D eigenvalue weighted by molar-refractivity contribution is -0.129. The third kappa shape index (κ3) is 3.89. The third-order valence-electron chi connectivity index (χ3n) is 4.92. The van der Waals surface area contributed by atoms with Crippen LogP contribution in [-0.4, -0.2) is 46.9 Å². The molecule has 0 bridgehead atoms. The van der Waals surface area contributed by atoms with E-state index in [2.05, 4.69) is 22.2 Å². The van der Waals surface area contributed by atoms with Crippen LogP contribution in [0.15, 0.2) is 43.0 Å². The van der Waals surface area contributed by atoms with Crippen molar-refractivity contribution >= 4 is 5.91 Å². The first kappa shape index (κ1) is 17.4. The summed E-state index contributed by atoms with van der Waals surface area (Å²) in [5, 5.41) is 8.83. The summed E-state index contributed by atoms with van der Waals surface area (Å²) in [6.45, 7) is 4.00. The van der Waals surface area contributed by atoms with E-state index in [9.17, 15) is 4.79 Å². The summed E-state index contributed by atoms with van der Waals surface area (Å²) >= 11 is 0. The minimum Gasteiger partial charge on any atom is -0.333 e. The molecule has 3 heterocycles. The molecule has 0 saturated carbocycles. The van der Waals surface area contributed by atoms with Crippen LogP contribution in [0.4, 0.5) is 0 Å². The second-order valence-corrected chi connectivity index (χ2v) is 6.80. The van der Waals surface area contributed by atoms with Crippen LogP contribution in [0.5, 0.6) is 0 Å². The smallest absolute Gasteiger partial charge is 0.223 e. The molecule has 0 radical (unpaired) electrons. The Bertz CT molecular complexity index is 888. The van der Waals surface area contributed by atoms with Crippen molar-refractivity contribution in [2.75, 3.05) is 6.54 Å². The highest BCUT2D eigenvalue weighted by atomic mass is 16.2. The second kappa shape index (κ2) is 7.69. The maximum absolute atomic E-state index is 12.2. The number of aromatic nitrogens is 6. The van der Waals surface area contributed by atoms with Gasteiger partial charge in [0.2, 0.25) is 5.91 Å². The molecular formula is C19H23N7O. The number of aryl methyl sites for hydroxylation is 2. The number of nitrogens with zero attached hydrogens (tertiary/aromatic N) is 7. The Morgan fingerprint density at radius 1 is 1.22 bits per heavy atom. The molecule has 1 amide bonds. The van der Waals surface area contributed by atoms with Gasteiger partial charge in [0.25, 0.3) is 0 Å². The van der Waals surface area contributed by atoms with Gasteiger partial charge in [0.15, 0.2) is 5.82 Å². The number of carbonyl (C=O) groups is 1. The highest BCUT2D eigenvalue weighted by Gasteiger charge is 2.29. The molecule has 1 aromatic carbocycles. The van der Waals surface area contributed by atoms with Gasteiger partial charge in [-0.05, 0) is 25.3 Å². The fraction of sp³-hybridized carbons (Fsp3) is 0.421. The predicted octanol–water partition coefficient (Wildman–Crippen LogP) is 1.84. The first-order valence-corrected chi connectivity index (χ1v) is 9.30. The van der Waals surface area contributed by atoms with Crippen molar-refractivity contribution < 1.29 is 4.79 Å². The van der Waals surface area contributed by atoms with E-state index in [1.54, 1.807) is 11.0 Å². The average Bonchev–Trinajstić information content (AvgIpc) is 3.42. The average molecular weight is 365 g/mol. The first-order chi connectivity index (χ1) is 13.2. The SMILES string of the molecule is C[C@H](c1nc(Cn2cncn2)nn1CCc1ccccc1)N1CCCC1=O. The Hall–Kier alpha value is -3.03. The van der Waals surface area contributed by atoms with Crippen molar-refractivity contribution in [3.8, 4) is 0 Å². The van der Waals surface area contributed by atoms with Crippen LogP contribution in [0.3, 0.4) is 0 Å². The van der Waals surface area contributed by atoms with Gasteiger partial charge in [0, 0.05) is 19.5 Å². The molecule has 3 aromatic rings. The molecule has 8 heteroatoms. The number of carbonyl (C=O) groups excluding carboxylic acids is 1. The summed E-state index contributed by atoms with van der Waals surface area (Å²) in [5.74, 6) is 1.70. The van der Waals surface area contributed by atoms with Crippen LogP contribution < -0.4 is 0 Å². The normalized spacial score (nSPS) is 15.4. The molecule has 0 aliphatic carbocycles. The van der Waals surface area contributed by atoms with Crippen LogP contribution in [0.25, 0.3) is 0 Å². The number of hydrogen-bond acceptors (Lipinski definition) is 5. The van der Waals surface area contributed by atoms with Crippen molar-refractivity contribution in [3.05, 3.63) is 60.2 Å². The minimum atomic E-state index is -0.0900. The summed E-state index contributed by atoms with van der Waals surface area (Å²) in [6.07, 6.45) is 5.54. The summed E-state index contributed by atoms with van der Waals surface area (Å²) in [4.78, 5) is 22.8. The van der Waals surface area contributed by atoms with Crippen molar-refractivity contribution in [2.45, 2.75) is 45.3 Å². The van der Waals surface area contributed by atoms with Gasteiger partial charge in [-0.3, -0.25) is 4.79 Å². The fourth-order valence-corrected chi connectivity index (χ4v) is 3.50. The quantitative estimate of drug-likeness (QED) is 0.638. The molecule has 0 unspecified atom stereocenters. The van der Waals surface area contributed by atoms with Gasteiger partial charge in [0.1, 0.15) is 25.0 Å². The lowest BCUT2D eigenvalue weighted by atomic mass is 10.1. The predicted molar refractivity (Wildman–Crippen MR) is 98.7 cm³/mol. The Kier molecular flexibility index (Phi) is 4.95. The Labute approximate surface area is 157 Å². The Balaban J connectivity index is 1.58.